The van der Waals surface area contributed by atoms with Crippen LogP contribution in [-0.2, 0) is 37.7 Å². The zero-order chi connectivity index (χ0) is 21.2. The standard InChI is InChI=1S/C25H24O4S/c1-28-25(27)23(16-19-8-4-2-5-9-19)29-24(26)17-20-12-14-22(15-13-20)30-18-21-10-6-3-7-11-21/h2-15,23H,16-18H2,1H3. The highest BCUT2D eigenvalue weighted by Gasteiger charge is 2.24. The summed E-state index contributed by atoms with van der Waals surface area (Å²) in [5.74, 6) is -0.117. The molecule has 1 unspecified atom stereocenters. The van der Waals surface area contributed by atoms with Crippen LogP contribution in [0.5, 0.6) is 0 Å². The molecule has 3 rings (SSSR count). The van der Waals surface area contributed by atoms with E-state index in [4.69, 9.17) is 9.47 Å². The van der Waals surface area contributed by atoms with Gasteiger partial charge in [-0.1, -0.05) is 72.8 Å². The molecule has 0 fully saturated rings. The lowest BCUT2D eigenvalue weighted by molar-refractivity contribution is -0.165. The van der Waals surface area contributed by atoms with Crippen molar-refractivity contribution in [2.24, 2.45) is 0 Å². The van der Waals surface area contributed by atoms with Crippen molar-refractivity contribution in [3.8, 4) is 0 Å². The third-order valence-corrected chi connectivity index (χ3v) is 5.61. The summed E-state index contributed by atoms with van der Waals surface area (Å²) in [5, 5.41) is 0. The first-order chi connectivity index (χ1) is 14.6. The average molecular weight is 421 g/mol. The summed E-state index contributed by atoms with van der Waals surface area (Å²) in [7, 11) is 1.29. The molecule has 30 heavy (non-hydrogen) atoms. The van der Waals surface area contributed by atoms with Crippen LogP contribution in [0.25, 0.3) is 0 Å². The van der Waals surface area contributed by atoms with Crippen LogP contribution in [0.3, 0.4) is 0 Å². The van der Waals surface area contributed by atoms with Crippen molar-refractivity contribution in [3.63, 3.8) is 0 Å². The summed E-state index contributed by atoms with van der Waals surface area (Å²) >= 11 is 1.74. The van der Waals surface area contributed by atoms with E-state index >= 15 is 0 Å². The van der Waals surface area contributed by atoms with Gasteiger partial charge in [-0.2, -0.15) is 0 Å². The van der Waals surface area contributed by atoms with Crippen LogP contribution in [0.2, 0.25) is 0 Å². The number of methoxy groups -OCH3 is 1. The zero-order valence-electron chi connectivity index (χ0n) is 16.8. The Kier molecular flexibility index (Phi) is 8.10. The van der Waals surface area contributed by atoms with Gasteiger partial charge in [-0.15, -0.1) is 11.8 Å². The predicted octanol–water partition coefficient (Wildman–Crippen LogP) is 4.85. The Morgan fingerprint density at radius 2 is 1.40 bits per heavy atom. The Hall–Kier alpha value is -3.05. The molecule has 3 aromatic carbocycles. The molecule has 0 N–H and O–H groups in total. The van der Waals surface area contributed by atoms with E-state index in [0.29, 0.717) is 0 Å². The molecule has 0 bridgehead atoms. The number of carbonyl (C=O) groups excluding carboxylic acids is 2. The van der Waals surface area contributed by atoms with Crippen molar-refractivity contribution in [2.75, 3.05) is 7.11 Å². The first-order valence-corrected chi connectivity index (χ1v) is 10.7. The van der Waals surface area contributed by atoms with Gasteiger partial charge in [0.1, 0.15) is 0 Å². The minimum Gasteiger partial charge on any atom is -0.466 e. The van der Waals surface area contributed by atoms with E-state index in [9.17, 15) is 9.59 Å². The lowest BCUT2D eigenvalue weighted by Crippen LogP contribution is -2.31. The van der Waals surface area contributed by atoms with E-state index in [0.717, 1.165) is 21.8 Å². The number of esters is 2. The van der Waals surface area contributed by atoms with Gasteiger partial charge in [0, 0.05) is 17.1 Å². The second-order valence-electron chi connectivity index (χ2n) is 6.79. The largest absolute Gasteiger partial charge is 0.466 e. The van der Waals surface area contributed by atoms with E-state index in [-0.39, 0.29) is 12.8 Å². The van der Waals surface area contributed by atoms with Crippen LogP contribution >= 0.6 is 11.8 Å². The highest BCUT2D eigenvalue weighted by molar-refractivity contribution is 7.98. The minimum atomic E-state index is -0.953. The lowest BCUT2D eigenvalue weighted by Gasteiger charge is -2.16. The van der Waals surface area contributed by atoms with Crippen molar-refractivity contribution >= 4 is 23.7 Å². The molecule has 0 amide bonds. The molecule has 1 atom stereocenters. The van der Waals surface area contributed by atoms with Crippen molar-refractivity contribution in [1.82, 2.24) is 0 Å². The maximum absolute atomic E-state index is 12.4. The van der Waals surface area contributed by atoms with Crippen LogP contribution in [0.15, 0.2) is 89.8 Å². The number of hydrogen-bond donors (Lipinski definition) is 0. The van der Waals surface area contributed by atoms with Gasteiger partial charge >= 0.3 is 11.9 Å². The van der Waals surface area contributed by atoms with E-state index in [2.05, 4.69) is 12.1 Å². The molecular formula is C25H24O4S. The van der Waals surface area contributed by atoms with E-state index in [1.807, 2.05) is 72.8 Å². The molecule has 3 aromatic rings. The van der Waals surface area contributed by atoms with Crippen molar-refractivity contribution in [2.45, 2.75) is 29.6 Å². The third kappa shape index (κ3) is 6.78. The van der Waals surface area contributed by atoms with Crippen LogP contribution in [-0.4, -0.2) is 25.2 Å². The summed E-state index contributed by atoms with van der Waals surface area (Å²) in [6, 6.07) is 27.5. The fraction of sp³-hybridized carbons (Fsp3) is 0.200. The van der Waals surface area contributed by atoms with Crippen LogP contribution in [0.1, 0.15) is 16.7 Å². The number of ether oxygens (including phenoxy) is 2. The lowest BCUT2D eigenvalue weighted by atomic mass is 10.1. The Balaban J connectivity index is 1.54. The molecule has 0 radical (unpaired) electrons. The first kappa shape index (κ1) is 21.7. The van der Waals surface area contributed by atoms with E-state index in [1.165, 1.54) is 12.7 Å². The quantitative estimate of drug-likeness (QED) is 0.366. The summed E-state index contributed by atoms with van der Waals surface area (Å²) in [4.78, 5) is 25.6. The van der Waals surface area contributed by atoms with Gasteiger partial charge < -0.3 is 9.47 Å². The molecule has 0 aromatic heterocycles. The fourth-order valence-electron chi connectivity index (χ4n) is 2.94. The van der Waals surface area contributed by atoms with Crippen LogP contribution in [0, 0.1) is 0 Å². The van der Waals surface area contributed by atoms with Gasteiger partial charge in [0.25, 0.3) is 0 Å². The third-order valence-electron chi connectivity index (χ3n) is 4.52. The Bertz CT molecular complexity index is 940. The topological polar surface area (TPSA) is 52.6 Å². The second-order valence-corrected chi connectivity index (χ2v) is 7.84. The van der Waals surface area contributed by atoms with Gasteiger partial charge in [0.15, 0.2) is 0 Å². The van der Waals surface area contributed by atoms with Crippen molar-refractivity contribution in [3.05, 3.63) is 102 Å². The molecule has 0 saturated heterocycles. The zero-order valence-corrected chi connectivity index (χ0v) is 17.6. The molecule has 0 heterocycles. The molecule has 0 spiro atoms. The van der Waals surface area contributed by atoms with Crippen molar-refractivity contribution in [1.29, 1.82) is 0 Å². The minimum absolute atomic E-state index is 0.103. The van der Waals surface area contributed by atoms with Gasteiger partial charge in [0.2, 0.25) is 6.10 Å². The highest BCUT2D eigenvalue weighted by Crippen LogP contribution is 2.23. The van der Waals surface area contributed by atoms with Crippen LogP contribution < -0.4 is 0 Å². The van der Waals surface area contributed by atoms with E-state index < -0.39 is 18.0 Å². The number of thioether (sulfide) groups is 1. The number of rotatable bonds is 9. The molecular weight excluding hydrogens is 396 g/mol. The number of benzene rings is 3. The number of carbonyl (C=O) groups is 2. The molecule has 0 aliphatic heterocycles. The molecule has 0 saturated carbocycles. The van der Waals surface area contributed by atoms with E-state index in [1.54, 1.807) is 11.8 Å². The summed E-state index contributed by atoms with van der Waals surface area (Å²) in [6.07, 6.45) is -0.564. The molecule has 0 aliphatic rings. The maximum atomic E-state index is 12.4. The SMILES string of the molecule is COC(=O)C(Cc1ccccc1)OC(=O)Cc1ccc(SCc2ccccc2)cc1. The highest BCUT2D eigenvalue weighted by atomic mass is 32.2. The molecule has 4 nitrogen and oxygen atoms in total. The Labute approximate surface area is 181 Å². The normalized spacial score (nSPS) is 11.5. The summed E-state index contributed by atoms with van der Waals surface area (Å²) < 4.78 is 10.2. The predicted molar refractivity (Wildman–Crippen MR) is 118 cm³/mol. The molecule has 5 heteroatoms. The monoisotopic (exact) mass is 420 g/mol. The van der Waals surface area contributed by atoms with Crippen LogP contribution in [0.4, 0.5) is 0 Å². The fourth-order valence-corrected chi connectivity index (χ4v) is 3.80. The summed E-state index contributed by atoms with van der Waals surface area (Å²) in [6.45, 7) is 0. The first-order valence-electron chi connectivity index (χ1n) is 9.71. The Morgan fingerprint density at radius 1 is 0.800 bits per heavy atom. The van der Waals surface area contributed by atoms with Crippen molar-refractivity contribution < 1.29 is 19.1 Å². The van der Waals surface area contributed by atoms with Gasteiger partial charge in [0.05, 0.1) is 13.5 Å². The summed E-state index contributed by atoms with van der Waals surface area (Å²) in [5.41, 5.74) is 3.01. The second kappa shape index (κ2) is 11.2. The van der Waals surface area contributed by atoms with Gasteiger partial charge in [-0.25, -0.2) is 4.79 Å². The molecule has 0 aliphatic carbocycles. The number of hydrogen-bond acceptors (Lipinski definition) is 5. The molecule has 154 valence electrons. The van der Waals surface area contributed by atoms with Gasteiger partial charge in [-0.3, -0.25) is 4.79 Å². The smallest absolute Gasteiger partial charge is 0.347 e. The Morgan fingerprint density at radius 3 is 2.00 bits per heavy atom. The average Bonchev–Trinajstić information content (AvgIpc) is 2.79. The maximum Gasteiger partial charge on any atom is 0.347 e. The van der Waals surface area contributed by atoms with Gasteiger partial charge in [-0.05, 0) is 28.8 Å².